The number of benzene rings is 2. The highest BCUT2D eigenvalue weighted by Crippen LogP contribution is 2.34. The van der Waals surface area contributed by atoms with Crippen molar-refractivity contribution in [2.75, 3.05) is 19.0 Å². The fourth-order valence-electron chi connectivity index (χ4n) is 3.84. The molecule has 0 radical (unpaired) electrons. The molecule has 1 atom stereocenters. The number of carboxylic acid groups (broad SMARTS) is 1. The summed E-state index contributed by atoms with van der Waals surface area (Å²) in [7, 11) is 4.07. The lowest BCUT2D eigenvalue weighted by Gasteiger charge is -2.26. The van der Waals surface area contributed by atoms with Crippen LogP contribution in [0.2, 0.25) is 0 Å². The predicted molar refractivity (Wildman–Crippen MR) is 126 cm³/mol. The Bertz CT molecular complexity index is 1140. The molecular formula is C25H27F3N4O3. The van der Waals surface area contributed by atoms with Gasteiger partial charge in [0.2, 0.25) is 5.91 Å². The molecule has 7 nitrogen and oxygen atoms in total. The highest BCUT2D eigenvalue weighted by atomic mass is 19.4. The van der Waals surface area contributed by atoms with E-state index in [4.69, 9.17) is 9.90 Å². The summed E-state index contributed by atoms with van der Waals surface area (Å²) < 4.78 is 33.9. The van der Waals surface area contributed by atoms with Gasteiger partial charge < -0.3 is 19.9 Å². The summed E-state index contributed by atoms with van der Waals surface area (Å²) in [4.78, 5) is 28.3. The molecule has 0 saturated carbocycles. The fraction of sp³-hybridized carbons (Fsp3) is 0.320. The molecule has 10 heteroatoms. The summed E-state index contributed by atoms with van der Waals surface area (Å²) in [6.45, 7) is 0.948. The molecule has 186 valence electrons. The van der Waals surface area contributed by atoms with Crippen molar-refractivity contribution in [1.82, 2.24) is 14.9 Å². The molecule has 0 saturated heterocycles. The minimum atomic E-state index is -5.08. The first kappa shape index (κ1) is 25.8. The molecule has 2 heterocycles. The van der Waals surface area contributed by atoms with Gasteiger partial charge in [-0.15, -0.1) is 0 Å². The largest absolute Gasteiger partial charge is 0.490 e. The molecule has 0 bridgehead atoms. The van der Waals surface area contributed by atoms with Crippen LogP contribution >= 0.6 is 0 Å². The number of alkyl halides is 3. The molecule has 4 rings (SSSR count). The van der Waals surface area contributed by atoms with Gasteiger partial charge in [-0.2, -0.15) is 13.2 Å². The number of halogens is 3. The topological polar surface area (TPSA) is 87.5 Å². The van der Waals surface area contributed by atoms with E-state index in [2.05, 4.69) is 44.0 Å². The summed E-state index contributed by atoms with van der Waals surface area (Å²) >= 11 is 0. The Morgan fingerprint density at radius 3 is 2.31 bits per heavy atom. The van der Waals surface area contributed by atoms with Crippen molar-refractivity contribution in [2.24, 2.45) is 0 Å². The number of nitrogens with one attached hydrogen (secondary N) is 1. The molecular weight excluding hydrogens is 461 g/mol. The second-order valence-corrected chi connectivity index (χ2v) is 8.34. The normalized spacial score (nSPS) is 14.8. The van der Waals surface area contributed by atoms with Crippen molar-refractivity contribution in [3.8, 4) is 11.3 Å². The van der Waals surface area contributed by atoms with E-state index in [1.54, 1.807) is 0 Å². The number of carbonyl (C=O) groups is 2. The molecule has 1 aliphatic rings. The monoisotopic (exact) mass is 488 g/mol. The van der Waals surface area contributed by atoms with E-state index in [0.717, 1.165) is 47.6 Å². The molecule has 1 unspecified atom stereocenters. The van der Waals surface area contributed by atoms with E-state index in [-0.39, 0.29) is 11.9 Å². The van der Waals surface area contributed by atoms with Gasteiger partial charge in [0.25, 0.3) is 0 Å². The maximum absolute atomic E-state index is 12.6. The third-order valence-corrected chi connectivity index (χ3v) is 5.54. The van der Waals surface area contributed by atoms with Gasteiger partial charge in [0.05, 0.1) is 30.2 Å². The summed E-state index contributed by atoms with van der Waals surface area (Å²) in [5.41, 5.74) is 5.36. The molecule has 1 aliphatic heterocycles. The molecule has 2 aromatic carbocycles. The number of nitrogens with zero attached hydrogens (tertiary/aromatic N) is 3. The van der Waals surface area contributed by atoms with Gasteiger partial charge in [-0.25, -0.2) is 9.78 Å². The Balaban J connectivity index is 0.000000429. The van der Waals surface area contributed by atoms with Gasteiger partial charge in [-0.05, 0) is 30.5 Å². The lowest BCUT2D eigenvalue weighted by Crippen LogP contribution is -2.33. The van der Waals surface area contributed by atoms with Crippen molar-refractivity contribution < 1.29 is 27.9 Å². The molecule has 2 N–H and O–H groups in total. The van der Waals surface area contributed by atoms with E-state index in [9.17, 15) is 18.0 Å². The van der Waals surface area contributed by atoms with Crippen molar-refractivity contribution in [1.29, 1.82) is 0 Å². The highest BCUT2D eigenvalue weighted by molar-refractivity contribution is 5.79. The van der Waals surface area contributed by atoms with Gasteiger partial charge in [0.15, 0.2) is 0 Å². The third-order valence-electron chi connectivity index (χ3n) is 5.54. The van der Waals surface area contributed by atoms with E-state index >= 15 is 0 Å². The lowest BCUT2D eigenvalue weighted by atomic mass is 9.98. The highest BCUT2D eigenvalue weighted by Gasteiger charge is 2.38. The van der Waals surface area contributed by atoms with Crippen molar-refractivity contribution in [2.45, 2.75) is 38.0 Å². The number of aromatic nitrogens is 2. The molecule has 3 aromatic rings. The molecule has 1 aromatic heterocycles. The predicted octanol–water partition coefficient (Wildman–Crippen LogP) is 4.44. The van der Waals surface area contributed by atoms with E-state index in [1.165, 1.54) is 0 Å². The van der Waals surface area contributed by atoms with Crippen LogP contribution in [0.1, 0.15) is 30.1 Å². The lowest BCUT2D eigenvalue weighted by molar-refractivity contribution is -0.192. The number of rotatable bonds is 5. The van der Waals surface area contributed by atoms with Gasteiger partial charge in [0, 0.05) is 31.9 Å². The van der Waals surface area contributed by atoms with E-state index in [1.807, 2.05) is 50.8 Å². The Morgan fingerprint density at radius 1 is 1.11 bits per heavy atom. The van der Waals surface area contributed by atoms with Crippen LogP contribution in [0, 0.1) is 0 Å². The zero-order chi connectivity index (χ0) is 25.6. The Labute approximate surface area is 201 Å². The number of amides is 1. The number of imidazole rings is 1. The quantitative estimate of drug-likeness (QED) is 0.554. The summed E-state index contributed by atoms with van der Waals surface area (Å²) in [6, 6.07) is 18.3. The summed E-state index contributed by atoms with van der Waals surface area (Å²) in [5.74, 6) is -2.70. The number of hydrogen-bond donors (Lipinski definition) is 2. The van der Waals surface area contributed by atoms with Crippen molar-refractivity contribution in [3.63, 3.8) is 0 Å². The zero-order valence-corrected chi connectivity index (χ0v) is 19.4. The van der Waals surface area contributed by atoms with Crippen LogP contribution in [0.3, 0.4) is 0 Å². The van der Waals surface area contributed by atoms with Crippen LogP contribution in [0.15, 0.2) is 60.9 Å². The van der Waals surface area contributed by atoms with Crippen LogP contribution in [-0.4, -0.2) is 46.8 Å². The van der Waals surface area contributed by atoms with Crippen molar-refractivity contribution in [3.05, 3.63) is 72.2 Å². The van der Waals surface area contributed by atoms with Crippen LogP contribution in [0.25, 0.3) is 11.3 Å². The molecule has 35 heavy (non-hydrogen) atoms. The molecule has 0 spiro atoms. The SMILES string of the molecule is CN(C)c1ccc(-c2ncn3c2C(NC(=O)Cc2ccccc2)CCC3)cc1.O=C(O)C(F)(F)F. The van der Waals surface area contributed by atoms with Gasteiger partial charge >= 0.3 is 12.1 Å². The van der Waals surface area contributed by atoms with Gasteiger partial charge in [-0.1, -0.05) is 42.5 Å². The number of aryl methyl sites for hydroxylation is 1. The zero-order valence-electron chi connectivity index (χ0n) is 19.4. The minimum Gasteiger partial charge on any atom is -0.475 e. The first-order valence-electron chi connectivity index (χ1n) is 11.0. The first-order valence-corrected chi connectivity index (χ1v) is 11.0. The van der Waals surface area contributed by atoms with Crippen LogP contribution in [0.5, 0.6) is 0 Å². The molecule has 0 aliphatic carbocycles. The standard InChI is InChI=1S/C23H26N4O.C2HF3O2/c1-26(2)19-12-10-18(11-13-19)22-23-20(9-6-14-27(23)16-24-22)25-21(28)15-17-7-4-3-5-8-17;3-2(4,5)1(6)7/h3-5,7-8,10-13,16,20H,6,9,14-15H2,1-2H3,(H,25,28);(H,6,7). The second-order valence-electron chi connectivity index (χ2n) is 8.34. The minimum absolute atomic E-state index is 0.00372. The van der Waals surface area contributed by atoms with Crippen LogP contribution in [0.4, 0.5) is 18.9 Å². The van der Waals surface area contributed by atoms with E-state index < -0.39 is 12.1 Å². The van der Waals surface area contributed by atoms with Crippen molar-refractivity contribution >= 4 is 17.6 Å². The maximum Gasteiger partial charge on any atom is 0.490 e. The van der Waals surface area contributed by atoms with Gasteiger partial charge in [-0.3, -0.25) is 4.79 Å². The summed E-state index contributed by atoms with van der Waals surface area (Å²) in [5, 5.41) is 10.4. The fourth-order valence-corrected chi connectivity index (χ4v) is 3.84. The number of anilines is 1. The Hall–Kier alpha value is -3.82. The number of carbonyl (C=O) groups excluding carboxylic acids is 1. The third kappa shape index (κ3) is 6.84. The number of fused-ring (bicyclic) bond motifs is 1. The first-order chi connectivity index (χ1) is 16.6. The smallest absolute Gasteiger partial charge is 0.475 e. The maximum atomic E-state index is 12.6. The van der Waals surface area contributed by atoms with Crippen LogP contribution in [-0.2, 0) is 22.6 Å². The van der Waals surface area contributed by atoms with Gasteiger partial charge in [0.1, 0.15) is 0 Å². The molecule has 0 fully saturated rings. The number of aliphatic carboxylic acids is 1. The Kier molecular flexibility index (Phi) is 8.16. The van der Waals surface area contributed by atoms with E-state index in [0.29, 0.717) is 6.42 Å². The second kappa shape index (κ2) is 11.1. The average molecular weight is 489 g/mol. The number of carboxylic acids is 1. The van der Waals surface area contributed by atoms with Crippen LogP contribution < -0.4 is 10.2 Å². The summed E-state index contributed by atoms with van der Waals surface area (Å²) in [6.07, 6.45) is -0.800. The Morgan fingerprint density at radius 2 is 1.74 bits per heavy atom. The molecule has 1 amide bonds. The number of hydrogen-bond acceptors (Lipinski definition) is 4. The average Bonchev–Trinajstić information content (AvgIpc) is 3.25.